The van der Waals surface area contributed by atoms with Crippen molar-refractivity contribution in [1.82, 2.24) is 14.8 Å². The SMILES string of the molecule is O=c1c2c([nH]n1-c1ccc(Br)cn1)CCCCC2. The van der Waals surface area contributed by atoms with Gasteiger partial charge in [0.1, 0.15) is 0 Å². The third-order valence-electron chi connectivity index (χ3n) is 3.37. The molecule has 0 fully saturated rings. The minimum Gasteiger partial charge on any atom is -0.293 e. The molecule has 0 aromatic carbocycles. The molecule has 0 saturated heterocycles. The van der Waals surface area contributed by atoms with Crippen LogP contribution in [0.5, 0.6) is 0 Å². The molecule has 0 atom stereocenters. The highest BCUT2D eigenvalue weighted by atomic mass is 79.9. The van der Waals surface area contributed by atoms with Crippen molar-refractivity contribution in [3.8, 4) is 5.82 Å². The summed E-state index contributed by atoms with van der Waals surface area (Å²) in [5.41, 5.74) is 2.08. The van der Waals surface area contributed by atoms with Crippen LogP contribution < -0.4 is 5.56 Å². The van der Waals surface area contributed by atoms with Crippen molar-refractivity contribution in [2.45, 2.75) is 32.1 Å². The zero-order valence-corrected chi connectivity index (χ0v) is 11.5. The Morgan fingerprint density at radius 2 is 2.06 bits per heavy atom. The Morgan fingerprint density at radius 3 is 2.83 bits per heavy atom. The van der Waals surface area contributed by atoms with Gasteiger partial charge in [0.25, 0.3) is 5.56 Å². The third-order valence-corrected chi connectivity index (χ3v) is 3.84. The molecule has 0 spiro atoms. The first-order valence-electron chi connectivity index (χ1n) is 6.20. The number of H-pyrrole nitrogens is 1. The van der Waals surface area contributed by atoms with Gasteiger partial charge in [-0.15, -0.1) is 0 Å². The van der Waals surface area contributed by atoms with Crippen molar-refractivity contribution in [3.63, 3.8) is 0 Å². The lowest BCUT2D eigenvalue weighted by Crippen LogP contribution is -2.18. The molecule has 2 aromatic heterocycles. The van der Waals surface area contributed by atoms with E-state index in [4.69, 9.17) is 0 Å². The molecule has 4 nitrogen and oxygen atoms in total. The Labute approximate surface area is 113 Å². The molecular weight excluding hydrogens is 294 g/mol. The van der Waals surface area contributed by atoms with E-state index in [0.29, 0.717) is 5.82 Å². The third kappa shape index (κ3) is 2.03. The minimum atomic E-state index is 0.0572. The van der Waals surface area contributed by atoms with Crippen LogP contribution >= 0.6 is 15.9 Å². The number of aryl methyl sites for hydroxylation is 1. The van der Waals surface area contributed by atoms with Crippen LogP contribution in [0.4, 0.5) is 0 Å². The van der Waals surface area contributed by atoms with Crippen LogP contribution in [-0.4, -0.2) is 14.8 Å². The minimum absolute atomic E-state index is 0.0572. The topological polar surface area (TPSA) is 50.7 Å². The molecule has 0 amide bonds. The molecule has 0 aliphatic heterocycles. The Morgan fingerprint density at radius 1 is 1.22 bits per heavy atom. The van der Waals surface area contributed by atoms with Crippen LogP contribution in [-0.2, 0) is 12.8 Å². The van der Waals surface area contributed by atoms with Gasteiger partial charge in [0, 0.05) is 21.9 Å². The van der Waals surface area contributed by atoms with Gasteiger partial charge in [-0.1, -0.05) is 6.42 Å². The number of fused-ring (bicyclic) bond motifs is 1. The molecule has 1 N–H and O–H groups in total. The van der Waals surface area contributed by atoms with Crippen molar-refractivity contribution in [2.75, 3.05) is 0 Å². The summed E-state index contributed by atoms with van der Waals surface area (Å²) in [6, 6.07) is 3.72. The number of hydrogen-bond donors (Lipinski definition) is 1. The highest BCUT2D eigenvalue weighted by Gasteiger charge is 2.17. The highest BCUT2D eigenvalue weighted by molar-refractivity contribution is 9.10. The predicted molar refractivity (Wildman–Crippen MR) is 73.1 cm³/mol. The van der Waals surface area contributed by atoms with E-state index in [-0.39, 0.29) is 5.56 Å². The quantitative estimate of drug-likeness (QED) is 0.823. The number of nitrogens with one attached hydrogen (secondary N) is 1. The monoisotopic (exact) mass is 307 g/mol. The first kappa shape index (κ1) is 11.7. The number of halogens is 1. The summed E-state index contributed by atoms with van der Waals surface area (Å²) in [7, 11) is 0. The number of rotatable bonds is 1. The summed E-state index contributed by atoms with van der Waals surface area (Å²) < 4.78 is 2.47. The lowest BCUT2D eigenvalue weighted by Gasteiger charge is -2.01. The van der Waals surface area contributed by atoms with E-state index in [1.54, 1.807) is 10.9 Å². The van der Waals surface area contributed by atoms with Crippen LogP contribution in [0, 0.1) is 0 Å². The summed E-state index contributed by atoms with van der Waals surface area (Å²) in [5, 5.41) is 3.20. The lowest BCUT2D eigenvalue weighted by molar-refractivity contribution is 0.687. The number of hydrogen-bond acceptors (Lipinski definition) is 2. The maximum absolute atomic E-state index is 12.3. The molecule has 1 aliphatic rings. The van der Waals surface area contributed by atoms with Gasteiger partial charge in [-0.3, -0.25) is 9.89 Å². The molecule has 2 aromatic rings. The van der Waals surface area contributed by atoms with Crippen molar-refractivity contribution >= 4 is 15.9 Å². The maximum atomic E-state index is 12.3. The van der Waals surface area contributed by atoms with Crippen LogP contribution in [0.3, 0.4) is 0 Å². The number of aromatic amines is 1. The Balaban J connectivity index is 2.08. The van der Waals surface area contributed by atoms with Crippen molar-refractivity contribution in [3.05, 3.63) is 44.4 Å². The van der Waals surface area contributed by atoms with E-state index < -0.39 is 0 Å². The standard InChI is InChI=1S/C13H14BrN3O/c14-9-6-7-12(15-8-9)17-13(18)10-4-2-1-3-5-11(10)16-17/h6-8,16H,1-5H2. The largest absolute Gasteiger partial charge is 0.293 e. The number of aromatic nitrogens is 3. The van der Waals surface area contributed by atoms with Crippen LogP contribution in [0.15, 0.2) is 27.6 Å². The van der Waals surface area contributed by atoms with Gasteiger partial charge in [-0.2, -0.15) is 0 Å². The molecule has 0 bridgehead atoms. The fourth-order valence-electron chi connectivity index (χ4n) is 2.42. The Bertz CT molecular complexity index is 612. The van der Waals surface area contributed by atoms with Crippen LogP contribution in [0.1, 0.15) is 30.5 Å². The molecule has 2 heterocycles. The molecule has 18 heavy (non-hydrogen) atoms. The summed E-state index contributed by atoms with van der Waals surface area (Å²) in [6.07, 6.45) is 7.02. The van der Waals surface area contributed by atoms with Gasteiger partial charge in [-0.05, 0) is 53.7 Å². The molecule has 0 radical (unpaired) electrons. The van der Waals surface area contributed by atoms with Crippen LogP contribution in [0.2, 0.25) is 0 Å². The summed E-state index contributed by atoms with van der Waals surface area (Å²) in [6.45, 7) is 0. The Kier molecular flexibility index (Phi) is 3.07. The fourth-order valence-corrected chi connectivity index (χ4v) is 2.66. The van der Waals surface area contributed by atoms with E-state index in [0.717, 1.165) is 41.4 Å². The second-order valence-electron chi connectivity index (χ2n) is 4.60. The summed E-state index contributed by atoms with van der Waals surface area (Å²) in [5.74, 6) is 0.649. The second kappa shape index (κ2) is 4.72. The molecule has 3 rings (SSSR count). The van der Waals surface area contributed by atoms with Gasteiger partial charge in [0.05, 0.1) is 0 Å². The van der Waals surface area contributed by atoms with Gasteiger partial charge in [0.2, 0.25) is 0 Å². The van der Waals surface area contributed by atoms with Gasteiger partial charge >= 0.3 is 0 Å². The Hall–Kier alpha value is -1.36. The zero-order valence-electron chi connectivity index (χ0n) is 9.95. The molecular formula is C13H14BrN3O. The summed E-state index contributed by atoms with van der Waals surface area (Å²) >= 11 is 3.34. The normalized spacial score (nSPS) is 15.2. The lowest BCUT2D eigenvalue weighted by atomic mass is 10.1. The van der Waals surface area contributed by atoms with Gasteiger partial charge in [-0.25, -0.2) is 9.67 Å². The van der Waals surface area contributed by atoms with Crippen LogP contribution in [0.25, 0.3) is 5.82 Å². The first-order chi connectivity index (χ1) is 8.75. The number of pyridine rings is 1. The highest BCUT2D eigenvalue weighted by Crippen LogP contribution is 2.17. The second-order valence-corrected chi connectivity index (χ2v) is 5.52. The van der Waals surface area contributed by atoms with Crippen molar-refractivity contribution < 1.29 is 0 Å². The molecule has 1 aliphatic carbocycles. The van der Waals surface area contributed by atoms with E-state index in [2.05, 4.69) is 26.0 Å². The summed E-state index contributed by atoms with van der Waals surface area (Å²) in [4.78, 5) is 16.6. The molecule has 94 valence electrons. The fraction of sp³-hybridized carbons (Fsp3) is 0.385. The van der Waals surface area contributed by atoms with Gasteiger partial charge < -0.3 is 0 Å². The molecule has 5 heteroatoms. The van der Waals surface area contributed by atoms with Crippen molar-refractivity contribution in [1.29, 1.82) is 0 Å². The zero-order chi connectivity index (χ0) is 12.5. The molecule has 0 saturated carbocycles. The smallest absolute Gasteiger partial charge is 0.276 e. The van der Waals surface area contributed by atoms with E-state index in [9.17, 15) is 4.79 Å². The average Bonchev–Trinajstić information content (AvgIpc) is 2.57. The van der Waals surface area contributed by atoms with Gasteiger partial charge in [0.15, 0.2) is 5.82 Å². The maximum Gasteiger partial charge on any atom is 0.276 e. The van der Waals surface area contributed by atoms with E-state index in [1.165, 1.54) is 6.42 Å². The number of nitrogens with zero attached hydrogens (tertiary/aromatic N) is 2. The first-order valence-corrected chi connectivity index (χ1v) is 7.00. The van der Waals surface area contributed by atoms with E-state index >= 15 is 0 Å². The predicted octanol–water partition coefficient (Wildman–Crippen LogP) is 2.59. The average molecular weight is 308 g/mol. The molecule has 0 unspecified atom stereocenters. The van der Waals surface area contributed by atoms with E-state index in [1.807, 2.05) is 12.1 Å². The van der Waals surface area contributed by atoms with Crippen molar-refractivity contribution in [2.24, 2.45) is 0 Å².